The Kier molecular flexibility index (Phi) is 2.32. The molecule has 1 aliphatic heterocycles. The summed E-state index contributed by atoms with van der Waals surface area (Å²) in [5, 5.41) is 20.3. The SMILES string of the molecule is O=C(O)C1(C(=O)O)CCCNC1. The molecule has 0 aliphatic carbocycles. The van der Waals surface area contributed by atoms with Crippen LogP contribution in [0.1, 0.15) is 12.8 Å². The number of hydrogen-bond donors (Lipinski definition) is 3. The Morgan fingerprint density at radius 1 is 1.25 bits per heavy atom. The molecule has 1 heterocycles. The first-order valence-electron chi connectivity index (χ1n) is 3.77. The number of piperidine rings is 1. The fourth-order valence-electron chi connectivity index (χ4n) is 1.36. The zero-order valence-electron chi connectivity index (χ0n) is 6.54. The predicted molar refractivity (Wildman–Crippen MR) is 39.8 cm³/mol. The van der Waals surface area contributed by atoms with Crippen LogP contribution in [0, 0.1) is 5.41 Å². The molecule has 1 aliphatic rings. The predicted octanol–water partition coefficient (Wildman–Crippen LogP) is -0.475. The summed E-state index contributed by atoms with van der Waals surface area (Å²) in [4.78, 5) is 21.4. The smallest absolute Gasteiger partial charge is 0.322 e. The standard InChI is InChI=1S/C7H11NO4/c9-5(10)7(6(11)12)2-1-3-8-4-7/h8H,1-4H2,(H,9,10)(H,11,12). The molecule has 0 aromatic carbocycles. The molecule has 0 atom stereocenters. The molecule has 0 aromatic heterocycles. The van der Waals surface area contributed by atoms with Gasteiger partial charge in [-0.05, 0) is 19.4 Å². The molecule has 68 valence electrons. The number of carboxylic acid groups (broad SMARTS) is 2. The Morgan fingerprint density at radius 3 is 2.08 bits per heavy atom. The molecule has 12 heavy (non-hydrogen) atoms. The number of rotatable bonds is 2. The second-order valence-corrected chi connectivity index (χ2v) is 2.97. The Hall–Kier alpha value is -1.10. The summed E-state index contributed by atoms with van der Waals surface area (Å²) in [5.41, 5.74) is -1.60. The van der Waals surface area contributed by atoms with Crippen molar-refractivity contribution >= 4 is 11.9 Å². The largest absolute Gasteiger partial charge is 0.480 e. The van der Waals surface area contributed by atoms with Crippen molar-refractivity contribution in [3.63, 3.8) is 0 Å². The lowest BCUT2D eigenvalue weighted by atomic mass is 9.81. The number of nitrogens with one attached hydrogen (secondary N) is 1. The zero-order chi connectivity index (χ0) is 9.19. The van der Waals surface area contributed by atoms with Gasteiger partial charge in [0.05, 0.1) is 0 Å². The van der Waals surface area contributed by atoms with Gasteiger partial charge in [0.2, 0.25) is 0 Å². The van der Waals surface area contributed by atoms with Crippen molar-refractivity contribution in [1.82, 2.24) is 5.32 Å². The van der Waals surface area contributed by atoms with E-state index in [0.717, 1.165) is 0 Å². The lowest BCUT2D eigenvalue weighted by molar-refractivity contribution is -0.165. The maximum atomic E-state index is 10.7. The quantitative estimate of drug-likeness (QED) is 0.491. The van der Waals surface area contributed by atoms with E-state index in [4.69, 9.17) is 10.2 Å². The molecule has 0 spiro atoms. The Balaban J connectivity index is 2.84. The highest BCUT2D eigenvalue weighted by molar-refractivity contribution is 5.98. The molecule has 0 aromatic rings. The molecule has 1 fully saturated rings. The molecular formula is C7H11NO4. The third kappa shape index (κ3) is 1.27. The van der Waals surface area contributed by atoms with Gasteiger partial charge < -0.3 is 15.5 Å². The van der Waals surface area contributed by atoms with Crippen LogP contribution in [0.25, 0.3) is 0 Å². The number of aliphatic carboxylic acids is 2. The summed E-state index contributed by atoms with van der Waals surface area (Å²) in [5.74, 6) is -2.50. The first-order valence-corrected chi connectivity index (χ1v) is 3.77. The molecule has 0 saturated carbocycles. The van der Waals surface area contributed by atoms with Gasteiger partial charge in [-0.1, -0.05) is 0 Å². The van der Waals surface area contributed by atoms with Crippen LogP contribution in [0.4, 0.5) is 0 Å². The summed E-state index contributed by atoms with van der Waals surface area (Å²) in [6, 6.07) is 0. The van der Waals surface area contributed by atoms with Gasteiger partial charge in [0.25, 0.3) is 0 Å². The Labute approximate surface area is 69.4 Å². The first-order chi connectivity index (χ1) is 5.59. The van der Waals surface area contributed by atoms with Crippen molar-refractivity contribution < 1.29 is 19.8 Å². The van der Waals surface area contributed by atoms with Crippen LogP contribution in [0.15, 0.2) is 0 Å². The highest BCUT2D eigenvalue weighted by Gasteiger charge is 2.47. The van der Waals surface area contributed by atoms with E-state index in [2.05, 4.69) is 5.32 Å². The van der Waals surface area contributed by atoms with E-state index in [1.807, 2.05) is 0 Å². The van der Waals surface area contributed by atoms with Gasteiger partial charge >= 0.3 is 11.9 Å². The maximum Gasteiger partial charge on any atom is 0.322 e. The van der Waals surface area contributed by atoms with E-state index in [1.165, 1.54) is 0 Å². The van der Waals surface area contributed by atoms with Crippen LogP contribution in [-0.2, 0) is 9.59 Å². The van der Waals surface area contributed by atoms with Gasteiger partial charge in [-0.25, -0.2) is 0 Å². The van der Waals surface area contributed by atoms with Crippen molar-refractivity contribution in [2.75, 3.05) is 13.1 Å². The van der Waals surface area contributed by atoms with E-state index in [0.29, 0.717) is 13.0 Å². The monoisotopic (exact) mass is 173 g/mol. The van der Waals surface area contributed by atoms with Crippen LogP contribution in [0.5, 0.6) is 0 Å². The van der Waals surface area contributed by atoms with Crippen molar-refractivity contribution in [3.05, 3.63) is 0 Å². The molecule has 3 N–H and O–H groups in total. The van der Waals surface area contributed by atoms with E-state index >= 15 is 0 Å². The van der Waals surface area contributed by atoms with Crippen molar-refractivity contribution in [2.45, 2.75) is 12.8 Å². The molecule has 1 rings (SSSR count). The molecular weight excluding hydrogens is 162 g/mol. The fourth-order valence-corrected chi connectivity index (χ4v) is 1.36. The minimum absolute atomic E-state index is 0.0255. The summed E-state index contributed by atoms with van der Waals surface area (Å²) in [6.07, 6.45) is 0.809. The molecule has 0 bridgehead atoms. The van der Waals surface area contributed by atoms with E-state index in [-0.39, 0.29) is 13.0 Å². The fraction of sp³-hybridized carbons (Fsp3) is 0.714. The highest BCUT2D eigenvalue weighted by atomic mass is 16.4. The van der Waals surface area contributed by atoms with Crippen molar-refractivity contribution in [3.8, 4) is 0 Å². The first kappa shape index (κ1) is 8.99. The van der Waals surface area contributed by atoms with E-state index in [1.54, 1.807) is 0 Å². The van der Waals surface area contributed by atoms with Crippen molar-refractivity contribution in [1.29, 1.82) is 0 Å². The normalized spacial score (nSPS) is 21.7. The molecule has 0 unspecified atom stereocenters. The van der Waals surface area contributed by atoms with Gasteiger partial charge in [-0.3, -0.25) is 9.59 Å². The Morgan fingerprint density at radius 2 is 1.83 bits per heavy atom. The second kappa shape index (κ2) is 3.10. The van der Waals surface area contributed by atoms with Gasteiger partial charge in [0.15, 0.2) is 5.41 Å². The van der Waals surface area contributed by atoms with Crippen LogP contribution >= 0.6 is 0 Å². The number of carboxylic acids is 2. The van der Waals surface area contributed by atoms with Crippen LogP contribution in [0.2, 0.25) is 0 Å². The third-order valence-corrected chi connectivity index (χ3v) is 2.20. The topological polar surface area (TPSA) is 86.6 Å². The number of carbonyl (C=O) groups is 2. The van der Waals surface area contributed by atoms with E-state index in [9.17, 15) is 9.59 Å². The molecule has 5 nitrogen and oxygen atoms in total. The van der Waals surface area contributed by atoms with Crippen LogP contribution < -0.4 is 5.32 Å². The Bertz CT molecular complexity index is 191. The summed E-state index contributed by atoms with van der Waals surface area (Å²) >= 11 is 0. The van der Waals surface area contributed by atoms with Crippen molar-refractivity contribution in [2.24, 2.45) is 5.41 Å². The highest BCUT2D eigenvalue weighted by Crippen LogP contribution is 2.26. The zero-order valence-corrected chi connectivity index (χ0v) is 6.54. The summed E-state index contributed by atoms with van der Waals surface area (Å²) in [6.45, 7) is 0.722. The lowest BCUT2D eigenvalue weighted by Crippen LogP contribution is -2.50. The van der Waals surface area contributed by atoms with Gasteiger partial charge in [-0.2, -0.15) is 0 Å². The van der Waals surface area contributed by atoms with Crippen LogP contribution in [0.3, 0.4) is 0 Å². The molecule has 0 amide bonds. The third-order valence-electron chi connectivity index (χ3n) is 2.20. The molecule has 1 saturated heterocycles. The minimum Gasteiger partial charge on any atom is -0.480 e. The van der Waals surface area contributed by atoms with Gasteiger partial charge in [0.1, 0.15) is 0 Å². The second-order valence-electron chi connectivity index (χ2n) is 2.97. The lowest BCUT2D eigenvalue weighted by Gasteiger charge is -2.29. The summed E-state index contributed by atoms with van der Waals surface area (Å²) in [7, 11) is 0. The van der Waals surface area contributed by atoms with Gasteiger partial charge in [0, 0.05) is 6.54 Å². The minimum atomic E-state index is -1.60. The average molecular weight is 173 g/mol. The summed E-state index contributed by atoms with van der Waals surface area (Å²) < 4.78 is 0. The molecule has 5 heteroatoms. The van der Waals surface area contributed by atoms with Gasteiger partial charge in [-0.15, -0.1) is 0 Å². The molecule has 0 radical (unpaired) electrons. The van der Waals surface area contributed by atoms with Crippen LogP contribution in [-0.4, -0.2) is 35.2 Å². The maximum absolute atomic E-state index is 10.7. The average Bonchev–Trinajstić information content (AvgIpc) is 2.05. The number of hydrogen-bond acceptors (Lipinski definition) is 3. The van der Waals surface area contributed by atoms with E-state index < -0.39 is 17.4 Å².